The minimum atomic E-state index is -4.43. The average Bonchev–Trinajstić information content (AvgIpc) is 2.38. The third kappa shape index (κ3) is 3.77. The molecule has 2 heterocycles. The molecule has 1 unspecified atom stereocenters. The topological polar surface area (TPSA) is 46.0 Å². The summed E-state index contributed by atoms with van der Waals surface area (Å²) in [6.45, 7) is 0. The fourth-order valence-electron chi connectivity index (χ4n) is 1.67. The van der Waals surface area contributed by atoms with Gasteiger partial charge in [-0.25, -0.2) is 0 Å². The smallest absolute Gasteiger partial charge is 0.386 e. The van der Waals surface area contributed by atoms with Crippen LogP contribution in [0.4, 0.5) is 13.2 Å². The van der Waals surface area contributed by atoms with Gasteiger partial charge < -0.3 is 5.11 Å². The van der Waals surface area contributed by atoms with Crippen LogP contribution in [0.25, 0.3) is 0 Å². The molecule has 0 radical (unpaired) electrons. The summed E-state index contributed by atoms with van der Waals surface area (Å²) < 4.78 is 38.0. The van der Waals surface area contributed by atoms with E-state index in [9.17, 15) is 18.3 Å². The molecule has 0 saturated heterocycles. The number of pyridine rings is 2. The number of hydrogen-bond donors (Lipinski definition) is 1. The molecule has 1 N–H and O–H groups in total. The van der Waals surface area contributed by atoms with Gasteiger partial charge in [0.2, 0.25) is 0 Å². The standard InChI is InChI=1S/C13H10BrF3N2O/c14-10-3-8(5-18-7-10)4-12(20)11-2-1-9(6-19-11)13(15,16)17/h1-3,5-7,12,20H,4H2. The van der Waals surface area contributed by atoms with Gasteiger partial charge in [0.25, 0.3) is 0 Å². The summed E-state index contributed by atoms with van der Waals surface area (Å²) >= 11 is 3.25. The number of aliphatic hydroxyl groups excluding tert-OH is 1. The van der Waals surface area contributed by atoms with Crippen molar-refractivity contribution in [3.8, 4) is 0 Å². The van der Waals surface area contributed by atoms with Gasteiger partial charge in [-0.1, -0.05) is 0 Å². The van der Waals surface area contributed by atoms with Gasteiger partial charge in [0.15, 0.2) is 0 Å². The molecular weight excluding hydrogens is 337 g/mol. The van der Waals surface area contributed by atoms with E-state index in [4.69, 9.17) is 0 Å². The van der Waals surface area contributed by atoms with Crippen molar-refractivity contribution in [3.05, 3.63) is 58.1 Å². The van der Waals surface area contributed by atoms with Crippen LogP contribution in [-0.2, 0) is 12.6 Å². The Morgan fingerprint density at radius 1 is 1.20 bits per heavy atom. The predicted molar refractivity (Wildman–Crippen MR) is 69.8 cm³/mol. The number of halogens is 4. The second kappa shape index (κ2) is 5.88. The van der Waals surface area contributed by atoms with Gasteiger partial charge in [0, 0.05) is 29.5 Å². The first-order chi connectivity index (χ1) is 9.36. The van der Waals surface area contributed by atoms with Gasteiger partial charge in [-0.15, -0.1) is 0 Å². The summed E-state index contributed by atoms with van der Waals surface area (Å²) in [5.74, 6) is 0. The number of alkyl halides is 3. The summed E-state index contributed by atoms with van der Waals surface area (Å²) in [6, 6.07) is 3.86. The molecule has 0 aliphatic rings. The van der Waals surface area contributed by atoms with Crippen LogP contribution in [0.3, 0.4) is 0 Å². The molecule has 2 aromatic rings. The molecule has 0 fully saturated rings. The zero-order valence-corrected chi connectivity index (χ0v) is 11.7. The van der Waals surface area contributed by atoms with Crippen LogP contribution >= 0.6 is 15.9 Å². The highest BCUT2D eigenvalue weighted by Gasteiger charge is 2.30. The lowest BCUT2D eigenvalue weighted by molar-refractivity contribution is -0.137. The van der Waals surface area contributed by atoms with Gasteiger partial charge >= 0.3 is 6.18 Å². The first kappa shape index (κ1) is 14.9. The molecule has 0 bridgehead atoms. The Morgan fingerprint density at radius 2 is 1.95 bits per heavy atom. The maximum Gasteiger partial charge on any atom is 0.417 e. The molecular formula is C13H10BrF3N2O. The molecule has 0 aromatic carbocycles. The Kier molecular flexibility index (Phi) is 4.39. The van der Waals surface area contributed by atoms with E-state index in [0.29, 0.717) is 0 Å². The Hall–Kier alpha value is -1.47. The molecule has 3 nitrogen and oxygen atoms in total. The number of aliphatic hydroxyl groups is 1. The fourth-order valence-corrected chi connectivity index (χ4v) is 2.08. The lowest BCUT2D eigenvalue weighted by Crippen LogP contribution is -2.09. The summed E-state index contributed by atoms with van der Waals surface area (Å²) in [6.07, 6.45) is -1.27. The van der Waals surface area contributed by atoms with Crippen LogP contribution in [0.2, 0.25) is 0 Å². The van der Waals surface area contributed by atoms with Gasteiger partial charge in [-0.3, -0.25) is 9.97 Å². The molecule has 0 saturated carbocycles. The Bertz CT molecular complexity index is 587. The molecule has 2 rings (SSSR count). The van der Waals surface area contributed by atoms with Crippen molar-refractivity contribution >= 4 is 15.9 Å². The second-order valence-electron chi connectivity index (χ2n) is 4.20. The number of rotatable bonds is 3. The van der Waals surface area contributed by atoms with Crippen molar-refractivity contribution in [1.82, 2.24) is 9.97 Å². The molecule has 7 heteroatoms. The lowest BCUT2D eigenvalue weighted by atomic mass is 10.1. The third-order valence-corrected chi connectivity index (χ3v) is 3.08. The maximum atomic E-state index is 12.4. The highest BCUT2D eigenvalue weighted by Crippen LogP contribution is 2.29. The predicted octanol–water partition coefficient (Wildman–Crippen LogP) is 3.53. The Labute approximate surface area is 121 Å². The van der Waals surface area contributed by atoms with Crippen molar-refractivity contribution in [2.45, 2.75) is 18.7 Å². The van der Waals surface area contributed by atoms with E-state index < -0.39 is 17.8 Å². The summed E-state index contributed by atoms with van der Waals surface area (Å²) in [7, 11) is 0. The number of nitrogens with zero attached hydrogens (tertiary/aromatic N) is 2. The highest BCUT2D eigenvalue weighted by atomic mass is 79.9. The summed E-state index contributed by atoms with van der Waals surface area (Å²) in [4.78, 5) is 7.61. The van der Waals surface area contributed by atoms with Crippen LogP contribution in [0, 0.1) is 0 Å². The monoisotopic (exact) mass is 346 g/mol. The quantitative estimate of drug-likeness (QED) is 0.924. The zero-order chi connectivity index (χ0) is 14.8. The average molecular weight is 347 g/mol. The molecule has 0 aliphatic heterocycles. The van der Waals surface area contributed by atoms with Crippen molar-refractivity contribution in [3.63, 3.8) is 0 Å². The fraction of sp³-hybridized carbons (Fsp3) is 0.231. The summed E-state index contributed by atoms with van der Waals surface area (Å²) in [5, 5.41) is 9.97. The zero-order valence-electron chi connectivity index (χ0n) is 10.1. The van der Waals surface area contributed by atoms with Gasteiger partial charge in [0.05, 0.1) is 17.4 Å². The molecule has 0 spiro atoms. The van der Waals surface area contributed by atoms with Crippen LogP contribution in [0.15, 0.2) is 41.3 Å². The van der Waals surface area contributed by atoms with E-state index >= 15 is 0 Å². The molecule has 0 amide bonds. The van der Waals surface area contributed by atoms with Crippen molar-refractivity contribution in [1.29, 1.82) is 0 Å². The molecule has 106 valence electrons. The van der Waals surface area contributed by atoms with E-state index in [2.05, 4.69) is 25.9 Å². The molecule has 0 aliphatic carbocycles. The highest BCUT2D eigenvalue weighted by molar-refractivity contribution is 9.10. The molecule has 1 atom stereocenters. The van der Waals surface area contributed by atoms with Crippen LogP contribution in [0.5, 0.6) is 0 Å². The van der Waals surface area contributed by atoms with E-state index in [1.54, 1.807) is 18.5 Å². The van der Waals surface area contributed by atoms with Crippen LogP contribution in [-0.4, -0.2) is 15.1 Å². The van der Waals surface area contributed by atoms with E-state index in [-0.39, 0.29) is 12.1 Å². The van der Waals surface area contributed by atoms with E-state index in [1.807, 2.05) is 0 Å². The molecule has 20 heavy (non-hydrogen) atoms. The van der Waals surface area contributed by atoms with E-state index in [0.717, 1.165) is 22.3 Å². The summed E-state index contributed by atoms with van der Waals surface area (Å²) in [5.41, 5.74) is 0.115. The molecule has 2 aromatic heterocycles. The van der Waals surface area contributed by atoms with Crippen LogP contribution < -0.4 is 0 Å². The van der Waals surface area contributed by atoms with Gasteiger partial charge in [0.1, 0.15) is 0 Å². The SMILES string of the molecule is OC(Cc1cncc(Br)c1)c1ccc(C(F)(F)F)cn1. The van der Waals surface area contributed by atoms with Crippen LogP contribution in [0.1, 0.15) is 22.9 Å². The Morgan fingerprint density at radius 3 is 2.50 bits per heavy atom. The van der Waals surface area contributed by atoms with Crippen molar-refractivity contribution in [2.24, 2.45) is 0 Å². The van der Waals surface area contributed by atoms with Gasteiger partial charge in [-0.2, -0.15) is 13.2 Å². The van der Waals surface area contributed by atoms with Gasteiger partial charge in [-0.05, 0) is 39.7 Å². The largest absolute Gasteiger partial charge is 0.417 e. The number of hydrogen-bond acceptors (Lipinski definition) is 3. The minimum absolute atomic E-state index is 0.193. The van der Waals surface area contributed by atoms with Crippen molar-refractivity contribution in [2.75, 3.05) is 0 Å². The van der Waals surface area contributed by atoms with Crippen molar-refractivity contribution < 1.29 is 18.3 Å². The van der Waals surface area contributed by atoms with E-state index in [1.165, 1.54) is 6.07 Å². The third-order valence-electron chi connectivity index (χ3n) is 2.65. The normalized spacial score (nSPS) is 13.2. The number of aromatic nitrogens is 2. The first-order valence-corrected chi connectivity index (χ1v) is 6.46. The maximum absolute atomic E-state index is 12.4. The second-order valence-corrected chi connectivity index (χ2v) is 5.12. The lowest BCUT2D eigenvalue weighted by Gasteiger charge is -2.12. The minimum Gasteiger partial charge on any atom is -0.386 e. The first-order valence-electron chi connectivity index (χ1n) is 5.67. The Balaban J connectivity index is 2.11.